The molecule has 2 aromatic heterocycles. The molecule has 0 aliphatic carbocycles. The van der Waals surface area contributed by atoms with Crippen molar-refractivity contribution in [2.75, 3.05) is 6.54 Å². The Bertz CT molecular complexity index is 425. The van der Waals surface area contributed by atoms with Gasteiger partial charge in [-0.1, -0.05) is 6.92 Å². The van der Waals surface area contributed by atoms with Crippen LogP contribution in [0.1, 0.15) is 22.9 Å². The minimum atomic E-state index is 0.366. The number of likely N-dealkylation sites (N-methyl/N-ethyl adjacent to an activating group) is 1. The molecule has 0 bridgehead atoms. The van der Waals surface area contributed by atoms with Gasteiger partial charge in [0.2, 0.25) is 0 Å². The first kappa shape index (κ1) is 12.2. The molecule has 16 heavy (non-hydrogen) atoms. The summed E-state index contributed by atoms with van der Waals surface area (Å²) >= 11 is 7.10. The highest BCUT2D eigenvalue weighted by molar-refractivity contribution is 9.10. The van der Waals surface area contributed by atoms with E-state index in [1.165, 1.54) is 14.4 Å². The molecule has 5 heteroatoms. The number of rotatable bonds is 5. The quantitative estimate of drug-likeness (QED) is 0.906. The fraction of sp³-hybridized carbons (Fsp3) is 0.364. The van der Waals surface area contributed by atoms with Crippen molar-refractivity contribution in [3.8, 4) is 0 Å². The Balaban J connectivity index is 2.14. The molecule has 1 atom stereocenters. The second-order valence-electron chi connectivity index (χ2n) is 3.37. The van der Waals surface area contributed by atoms with Crippen molar-refractivity contribution in [3.63, 3.8) is 0 Å². The lowest BCUT2D eigenvalue weighted by atomic mass is 10.2. The third kappa shape index (κ3) is 2.91. The van der Waals surface area contributed by atoms with E-state index in [2.05, 4.69) is 44.6 Å². The van der Waals surface area contributed by atoms with Crippen molar-refractivity contribution in [3.05, 3.63) is 37.4 Å². The predicted molar refractivity (Wildman–Crippen MR) is 74.3 cm³/mol. The Labute approximate surface area is 112 Å². The van der Waals surface area contributed by atoms with Gasteiger partial charge in [0, 0.05) is 33.4 Å². The van der Waals surface area contributed by atoms with Crippen molar-refractivity contribution in [2.24, 2.45) is 0 Å². The summed E-state index contributed by atoms with van der Waals surface area (Å²) in [7, 11) is 0. The fourth-order valence-corrected chi connectivity index (χ4v) is 3.98. The van der Waals surface area contributed by atoms with E-state index in [-0.39, 0.29) is 0 Å². The molecule has 2 rings (SSSR count). The average molecular weight is 317 g/mol. The van der Waals surface area contributed by atoms with E-state index >= 15 is 0 Å². The maximum atomic E-state index is 4.35. The maximum absolute atomic E-state index is 4.35. The van der Waals surface area contributed by atoms with Crippen LogP contribution in [-0.4, -0.2) is 11.5 Å². The van der Waals surface area contributed by atoms with E-state index in [0.717, 1.165) is 13.0 Å². The fourth-order valence-electron chi connectivity index (χ4n) is 1.59. The molecule has 0 aromatic carbocycles. The van der Waals surface area contributed by atoms with Crippen molar-refractivity contribution in [2.45, 2.75) is 19.4 Å². The zero-order chi connectivity index (χ0) is 11.4. The van der Waals surface area contributed by atoms with Gasteiger partial charge in [-0.15, -0.1) is 22.7 Å². The Morgan fingerprint density at radius 2 is 2.31 bits per heavy atom. The highest BCUT2D eigenvalue weighted by Crippen LogP contribution is 2.31. The number of hydrogen-bond acceptors (Lipinski definition) is 4. The second-order valence-corrected chi connectivity index (χ2v) is 6.15. The Hall–Kier alpha value is -0.230. The van der Waals surface area contributed by atoms with Crippen LogP contribution in [0.3, 0.4) is 0 Å². The molecule has 86 valence electrons. The molecule has 0 fully saturated rings. The molecule has 0 amide bonds. The zero-order valence-corrected chi connectivity index (χ0v) is 12.2. The number of nitrogens with one attached hydrogen (secondary N) is 1. The van der Waals surface area contributed by atoms with Crippen LogP contribution in [0.25, 0.3) is 0 Å². The molecule has 0 aliphatic rings. The summed E-state index contributed by atoms with van der Waals surface area (Å²) in [6.45, 7) is 3.11. The summed E-state index contributed by atoms with van der Waals surface area (Å²) in [5, 5.41) is 8.84. The first-order valence-corrected chi connectivity index (χ1v) is 7.71. The Morgan fingerprint density at radius 1 is 1.44 bits per heavy atom. The first-order chi connectivity index (χ1) is 7.81. The predicted octanol–water partition coefficient (Wildman–Crippen LogP) is 3.86. The molecule has 2 aromatic rings. The lowest BCUT2D eigenvalue weighted by Gasteiger charge is -2.15. The average Bonchev–Trinajstić information content (AvgIpc) is 2.88. The molecule has 1 N–H and O–H groups in total. The molecule has 0 radical (unpaired) electrons. The van der Waals surface area contributed by atoms with Crippen LogP contribution in [0, 0.1) is 0 Å². The van der Waals surface area contributed by atoms with Crippen LogP contribution < -0.4 is 5.32 Å². The number of hydrogen-bond donors (Lipinski definition) is 1. The molecule has 0 saturated carbocycles. The lowest BCUT2D eigenvalue weighted by molar-refractivity contribution is 0.555. The highest BCUT2D eigenvalue weighted by atomic mass is 79.9. The Kier molecular flexibility index (Phi) is 4.52. The van der Waals surface area contributed by atoms with Crippen LogP contribution in [0.15, 0.2) is 27.5 Å². The number of nitrogens with zero attached hydrogens (tertiary/aromatic N) is 1. The van der Waals surface area contributed by atoms with Gasteiger partial charge >= 0.3 is 0 Å². The third-order valence-electron chi connectivity index (χ3n) is 2.27. The minimum absolute atomic E-state index is 0.366. The monoisotopic (exact) mass is 316 g/mol. The summed E-state index contributed by atoms with van der Waals surface area (Å²) in [5.41, 5.74) is 0. The molecule has 2 heterocycles. The summed E-state index contributed by atoms with van der Waals surface area (Å²) in [6.07, 6.45) is 2.83. The molecule has 0 saturated heterocycles. The highest BCUT2D eigenvalue weighted by Gasteiger charge is 2.16. The molecular weight excluding hydrogens is 304 g/mol. The molecule has 1 unspecified atom stereocenters. The van der Waals surface area contributed by atoms with E-state index in [9.17, 15) is 0 Å². The van der Waals surface area contributed by atoms with Crippen LogP contribution in [0.5, 0.6) is 0 Å². The standard InChI is InChI=1S/C11H13BrN2S2/c1-2-13-9(7-10-14-4-6-15-10)11-8(12)3-5-16-11/h3-6,9,13H,2,7H2,1H3. The van der Waals surface area contributed by atoms with E-state index in [0.29, 0.717) is 6.04 Å². The Morgan fingerprint density at radius 3 is 2.88 bits per heavy atom. The van der Waals surface area contributed by atoms with Gasteiger partial charge in [0.15, 0.2) is 0 Å². The summed E-state index contributed by atoms with van der Waals surface area (Å²) in [6, 6.07) is 2.47. The molecule has 2 nitrogen and oxygen atoms in total. The van der Waals surface area contributed by atoms with E-state index in [4.69, 9.17) is 0 Å². The van der Waals surface area contributed by atoms with Gasteiger partial charge in [-0.2, -0.15) is 0 Å². The molecule has 0 spiro atoms. The summed E-state index contributed by atoms with van der Waals surface area (Å²) < 4.78 is 1.19. The van der Waals surface area contributed by atoms with Crippen LogP contribution >= 0.6 is 38.6 Å². The van der Waals surface area contributed by atoms with Gasteiger partial charge < -0.3 is 5.32 Å². The van der Waals surface area contributed by atoms with E-state index in [1.54, 1.807) is 22.7 Å². The number of thiazole rings is 1. The maximum Gasteiger partial charge on any atom is 0.0944 e. The van der Waals surface area contributed by atoms with Crippen molar-refractivity contribution in [1.82, 2.24) is 10.3 Å². The second kappa shape index (κ2) is 5.91. The third-order valence-corrected chi connectivity index (χ3v) is 5.06. The van der Waals surface area contributed by atoms with Crippen LogP contribution in [0.2, 0.25) is 0 Å². The topological polar surface area (TPSA) is 24.9 Å². The summed E-state index contributed by atoms with van der Waals surface area (Å²) in [5.74, 6) is 0. The normalized spacial score (nSPS) is 12.9. The van der Waals surface area contributed by atoms with E-state index < -0.39 is 0 Å². The van der Waals surface area contributed by atoms with Gasteiger partial charge in [-0.05, 0) is 33.9 Å². The largest absolute Gasteiger partial charge is 0.309 e. The van der Waals surface area contributed by atoms with Crippen molar-refractivity contribution in [1.29, 1.82) is 0 Å². The molecular formula is C11H13BrN2S2. The lowest BCUT2D eigenvalue weighted by Crippen LogP contribution is -2.22. The first-order valence-electron chi connectivity index (χ1n) is 5.16. The number of thiophene rings is 1. The van der Waals surface area contributed by atoms with Crippen LogP contribution in [-0.2, 0) is 6.42 Å². The van der Waals surface area contributed by atoms with E-state index in [1.807, 2.05) is 11.6 Å². The van der Waals surface area contributed by atoms with Gasteiger partial charge in [0.05, 0.1) is 5.01 Å². The van der Waals surface area contributed by atoms with Gasteiger partial charge in [0.1, 0.15) is 0 Å². The van der Waals surface area contributed by atoms with Crippen LogP contribution in [0.4, 0.5) is 0 Å². The SMILES string of the molecule is CCNC(Cc1nccs1)c1sccc1Br. The number of aromatic nitrogens is 1. The molecule has 0 aliphatic heterocycles. The smallest absolute Gasteiger partial charge is 0.0944 e. The van der Waals surface area contributed by atoms with Gasteiger partial charge in [-0.3, -0.25) is 0 Å². The van der Waals surface area contributed by atoms with Gasteiger partial charge in [-0.25, -0.2) is 4.98 Å². The minimum Gasteiger partial charge on any atom is -0.309 e. The summed E-state index contributed by atoms with van der Waals surface area (Å²) in [4.78, 5) is 5.70. The number of halogens is 1. The van der Waals surface area contributed by atoms with Crippen molar-refractivity contribution < 1.29 is 0 Å². The van der Waals surface area contributed by atoms with Gasteiger partial charge in [0.25, 0.3) is 0 Å². The van der Waals surface area contributed by atoms with Crippen molar-refractivity contribution >= 4 is 38.6 Å². The zero-order valence-electron chi connectivity index (χ0n) is 8.94.